The van der Waals surface area contributed by atoms with E-state index in [9.17, 15) is 5.11 Å². The molecule has 0 spiro atoms. The van der Waals surface area contributed by atoms with Gasteiger partial charge in [0.05, 0.1) is 13.2 Å². The molecule has 0 saturated carbocycles. The molecule has 2 rings (SSSR count). The van der Waals surface area contributed by atoms with Gasteiger partial charge in [-0.05, 0) is 42.3 Å². The zero-order valence-corrected chi connectivity index (χ0v) is 13.7. The van der Waals surface area contributed by atoms with Gasteiger partial charge in [-0.25, -0.2) is 0 Å². The first kappa shape index (κ1) is 15.4. The molecule has 0 aliphatic carbocycles. The maximum atomic E-state index is 10.4. The van der Waals surface area contributed by atoms with Crippen LogP contribution in [0.4, 0.5) is 0 Å². The van der Waals surface area contributed by atoms with E-state index in [4.69, 9.17) is 16.3 Å². The summed E-state index contributed by atoms with van der Waals surface area (Å²) in [6.45, 7) is 1.99. The van der Waals surface area contributed by atoms with Crippen molar-refractivity contribution in [1.29, 1.82) is 0 Å². The molecule has 0 bridgehead atoms. The number of halogens is 2. The lowest BCUT2D eigenvalue weighted by molar-refractivity contribution is 0.174. The molecule has 2 nitrogen and oxygen atoms in total. The number of aliphatic hydroxyl groups excluding tert-OH is 1. The number of rotatable bonds is 4. The molecule has 2 aromatic rings. The number of hydrogen-bond donors (Lipinski definition) is 1. The summed E-state index contributed by atoms with van der Waals surface area (Å²) in [7, 11) is 1.61. The van der Waals surface area contributed by atoms with Crippen LogP contribution in [0.2, 0.25) is 5.02 Å². The molecule has 0 radical (unpaired) electrons. The van der Waals surface area contributed by atoms with Crippen molar-refractivity contribution in [3.05, 3.63) is 62.6 Å². The third kappa shape index (κ3) is 3.54. The Morgan fingerprint density at radius 3 is 2.70 bits per heavy atom. The van der Waals surface area contributed by atoms with Gasteiger partial charge in [-0.15, -0.1) is 0 Å². The fraction of sp³-hybridized carbons (Fsp3) is 0.250. The quantitative estimate of drug-likeness (QED) is 0.861. The Labute approximate surface area is 132 Å². The van der Waals surface area contributed by atoms with E-state index < -0.39 is 6.10 Å². The van der Waals surface area contributed by atoms with Crippen molar-refractivity contribution in [2.24, 2.45) is 0 Å². The van der Waals surface area contributed by atoms with Gasteiger partial charge in [-0.2, -0.15) is 0 Å². The molecular formula is C16H16BrClO2. The smallest absolute Gasteiger partial charge is 0.125 e. The number of benzene rings is 2. The topological polar surface area (TPSA) is 29.5 Å². The van der Waals surface area contributed by atoms with Crippen molar-refractivity contribution >= 4 is 27.5 Å². The van der Waals surface area contributed by atoms with Crippen LogP contribution in [-0.4, -0.2) is 12.2 Å². The van der Waals surface area contributed by atoms with E-state index in [1.54, 1.807) is 7.11 Å². The minimum absolute atomic E-state index is 0.492. The molecule has 106 valence electrons. The fourth-order valence-electron chi connectivity index (χ4n) is 2.10. The molecule has 0 saturated heterocycles. The number of ether oxygens (including phenoxy) is 1. The molecule has 0 aromatic heterocycles. The van der Waals surface area contributed by atoms with Gasteiger partial charge in [0, 0.05) is 21.5 Å². The molecule has 0 aliphatic rings. The number of aliphatic hydroxyl groups is 1. The van der Waals surface area contributed by atoms with Gasteiger partial charge in [-0.1, -0.05) is 39.7 Å². The Balaban J connectivity index is 2.29. The van der Waals surface area contributed by atoms with Crippen LogP contribution in [0.25, 0.3) is 0 Å². The van der Waals surface area contributed by atoms with Crippen LogP contribution >= 0.6 is 27.5 Å². The van der Waals surface area contributed by atoms with Crippen LogP contribution in [0.5, 0.6) is 5.75 Å². The largest absolute Gasteiger partial charge is 0.496 e. The summed E-state index contributed by atoms with van der Waals surface area (Å²) >= 11 is 9.45. The lowest BCUT2D eigenvalue weighted by Crippen LogP contribution is -2.05. The minimum Gasteiger partial charge on any atom is -0.496 e. The first-order valence-electron chi connectivity index (χ1n) is 6.28. The van der Waals surface area contributed by atoms with Gasteiger partial charge < -0.3 is 9.84 Å². The lowest BCUT2D eigenvalue weighted by Gasteiger charge is -2.16. The maximum absolute atomic E-state index is 10.4. The predicted molar refractivity (Wildman–Crippen MR) is 85.5 cm³/mol. The molecule has 1 N–H and O–H groups in total. The normalized spacial score (nSPS) is 12.2. The van der Waals surface area contributed by atoms with Crippen molar-refractivity contribution in [3.63, 3.8) is 0 Å². The van der Waals surface area contributed by atoms with Crippen LogP contribution in [0.3, 0.4) is 0 Å². The Bertz CT molecular complexity index is 613. The summed E-state index contributed by atoms with van der Waals surface area (Å²) in [6.07, 6.45) is -0.146. The van der Waals surface area contributed by atoms with Crippen LogP contribution in [-0.2, 0) is 6.42 Å². The van der Waals surface area contributed by atoms with Gasteiger partial charge in [0.15, 0.2) is 0 Å². The second kappa shape index (κ2) is 6.61. The highest BCUT2D eigenvalue weighted by molar-refractivity contribution is 9.10. The molecule has 0 heterocycles. The van der Waals surface area contributed by atoms with Crippen molar-refractivity contribution in [2.75, 3.05) is 7.11 Å². The molecule has 0 fully saturated rings. The van der Waals surface area contributed by atoms with Gasteiger partial charge >= 0.3 is 0 Å². The molecular weight excluding hydrogens is 340 g/mol. The van der Waals surface area contributed by atoms with Gasteiger partial charge in [-0.3, -0.25) is 0 Å². The molecule has 0 amide bonds. The summed E-state index contributed by atoms with van der Waals surface area (Å²) < 4.78 is 6.31. The monoisotopic (exact) mass is 354 g/mol. The summed E-state index contributed by atoms with van der Waals surface area (Å²) in [4.78, 5) is 0. The van der Waals surface area contributed by atoms with E-state index in [2.05, 4.69) is 15.9 Å². The fourth-order valence-corrected chi connectivity index (χ4v) is 2.68. The molecule has 1 atom stereocenters. The van der Waals surface area contributed by atoms with Crippen LogP contribution in [0.15, 0.2) is 40.9 Å². The SMILES string of the molecule is COc1cc(C)c(Br)cc1C(O)Cc1cccc(Cl)c1. The lowest BCUT2D eigenvalue weighted by atomic mass is 9.99. The Hall–Kier alpha value is -1.03. The zero-order valence-electron chi connectivity index (χ0n) is 11.4. The highest BCUT2D eigenvalue weighted by atomic mass is 79.9. The molecule has 0 aliphatic heterocycles. The Morgan fingerprint density at radius 1 is 1.30 bits per heavy atom. The molecule has 4 heteroatoms. The van der Waals surface area contributed by atoms with Crippen molar-refractivity contribution < 1.29 is 9.84 Å². The van der Waals surface area contributed by atoms with Crippen LogP contribution in [0.1, 0.15) is 22.8 Å². The minimum atomic E-state index is -0.639. The van der Waals surface area contributed by atoms with Gasteiger partial charge in [0.1, 0.15) is 5.75 Å². The number of methoxy groups -OCH3 is 1. The molecule has 2 aromatic carbocycles. The third-order valence-electron chi connectivity index (χ3n) is 3.19. The second-order valence-electron chi connectivity index (χ2n) is 4.69. The number of hydrogen-bond acceptors (Lipinski definition) is 2. The maximum Gasteiger partial charge on any atom is 0.125 e. The highest BCUT2D eigenvalue weighted by Gasteiger charge is 2.16. The second-order valence-corrected chi connectivity index (χ2v) is 5.98. The third-order valence-corrected chi connectivity index (χ3v) is 4.28. The summed E-state index contributed by atoms with van der Waals surface area (Å²) in [5.41, 5.74) is 2.83. The van der Waals surface area contributed by atoms with Crippen molar-refractivity contribution in [3.8, 4) is 5.75 Å². The zero-order chi connectivity index (χ0) is 14.7. The van der Waals surface area contributed by atoms with Gasteiger partial charge in [0.25, 0.3) is 0 Å². The standard InChI is InChI=1S/C16H16BrClO2/c1-10-6-16(20-2)13(9-14(10)17)15(19)8-11-4-3-5-12(18)7-11/h3-7,9,15,19H,8H2,1-2H3. The van der Waals surface area contributed by atoms with E-state index in [1.165, 1.54) is 0 Å². The Kier molecular flexibility index (Phi) is 5.08. The van der Waals surface area contributed by atoms with E-state index in [-0.39, 0.29) is 0 Å². The average molecular weight is 356 g/mol. The van der Waals surface area contributed by atoms with Crippen molar-refractivity contribution in [2.45, 2.75) is 19.4 Å². The van der Waals surface area contributed by atoms with E-state index in [0.717, 1.165) is 21.2 Å². The van der Waals surface area contributed by atoms with Gasteiger partial charge in [0.2, 0.25) is 0 Å². The van der Waals surface area contributed by atoms with E-state index in [1.807, 2.05) is 43.3 Å². The summed E-state index contributed by atoms with van der Waals surface area (Å²) in [6, 6.07) is 11.3. The van der Waals surface area contributed by atoms with E-state index >= 15 is 0 Å². The summed E-state index contributed by atoms with van der Waals surface area (Å²) in [5, 5.41) is 11.1. The highest BCUT2D eigenvalue weighted by Crippen LogP contribution is 2.33. The predicted octanol–water partition coefficient (Wildman–Crippen LogP) is 4.70. The number of aryl methyl sites for hydroxylation is 1. The molecule has 20 heavy (non-hydrogen) atoms. The van der Waals surface area contributed by atoms with E-state index in [0.29, 0.717) is 17.2 Å². The summed E-state index contributed by atoms with van der Waals surface area (Å²) in [5.74, 6) is 0.695. The molecule has 1 unspecified atom stereocenters. The average Bonchev–Trinajstić information content (AvgIpc) is 2.41. The van der Waals surface area contributed by atoms with Crippen LogP contribution in [0, 0.1) is 6.92 Å². The first-order valence-corrected chi connectivity index (χ1v) is 7.45. The first-order chi connectivity index (χ1) is 9.51. The van der Waals surface area contributed by atoms with Crippen molar-refractivity contribution in [1.82, 2.24) is 0 Å². The van der Waals surface area contributed by atoms with Crippen LogP contribution < -0.4 is 4.74 Å². The Morgan fingerprint density at radius 2 is 2.05 bits per heavy atom.